The maximum atomic E-state index is 5.86. The summed E-state index contributed by atoms with van der Waals surface area (Å²) in [7, 11) is 0. The van der Waals surface area contributed by atoms with Crippen LogP contribution in [0.5, 0.6) is 0 Å². The van der Waals surface area contributed by atoms with Crippen LogP contribution in [0.1, 0.15) is 17.4 Å². The number of rotatable bonds is 5. The minimum atomic E-state index is 0.438. The molecule has 96 valence electrons. The molecule has 3 N–H and O–H groups in total. The predicted molar refractivity (Wildman–Crippen MR) is 82.9 cm³/mol. The number of nitrogens with two attached hydrogens (primary N) is 1. The number of nitrogens with one attached hydrogen (secondary N) is 1. The van der Waals surface area contributed by atoms with E-state index in [1.165, 1.54) is 10.4 Å². The van der Waals surface area contributed by atoms with Crippen LogP contribution in [-0.2, 0) is 13.0 Å². The monoisotopic (exact) mass is 324 g/mol. The molecule has 0 saturated heterocycles. The number of anilines is 1. The summed E-state index contributed by atoms with van der Waals surface area (Å²) in [5.74, 6) is 0. The molecule has 1 aromatic heterocycles. The highest BCUT2D eigenvalue weighted by atomic mass is 79.9. The number of hydrogen-bond donors (Lipinski definition) is 2. The summed E-state index contributed by atoms with van der Waals surface area (Å²) in [4.78, 5) is 1.22. The van der Waals surface area contributed by atoms with Crippen LogP contribution >= 0.6 is 27.3 Å². The summed E-state index contributed by atoms with van der Waals surface area (Å²) in [6.07, 6.45) is 1.03. The zero-order chi connectivity index (χ0) is 13.0. The van der Waals surface area contributed by atoms with Gasteiger partial charge in [0.25, 0.3) is 0 Å². The molecule has 0 aliphatic rings. The van der Waals surface area contributed by atoms with Gasteiger partial charge in [-0.05, 0) is 42.5 Å². The molecule has 0 aliphatic heterocycles. The molecule has 0 radical (unpaired) electrons. The minimum absolute atomic E-state index is 0.438. The molecule has 0 bridgehead atoms. The summed E-state index contributed by atoms with van der Waals surface area (Å²) in [6.45, 7) is 3.05. The fourth-order valence-electron chi connectivity index (χ4n) is 1.81. The first-order valence-electron chi connectivity index (χ1n) is 5.95. The summed E-state index contributed by atoms with van der Waals surface area (Å²) in [5, 5.41) is 5.54. The smallest absolute Gasteiger partial charge is 0.0468 e. The summed E-state index contributed by atoms with van der Waals surface area (Å²) in [5.41, 5.74) is 8.10. The lowest BCUT2D eigenvalue weighted by atomic mass is 10.1. The van der Waals surface area contributed by atoms with E-state index in [-0.39, 0.29) is 0 Å². The minimum Gasteiger partial charge on any atom is -0.398 e. The molecular weight excluding hydrogens is 308 g/mol. The number of nitrogen functional groups attached to an aromatic ring is 1. The van der Waals surface area contributed by atoms with Crippen molar-refractivity contribution < 1.29 is 0 Å². The second-order valence-electron chi connectivity index (χ2n) is 4.41. The lowest BCUT2D eigenvalue weighted by molar-refractivity contribution is 0.549. The van der Waals surface area contributed by atoms with Crippen LogP contribution in [-0.4, -0.2) is 6.04 Å². The van der Waals surface area contributed by atoms with E-state index in [1.54, 1.807) is 11.3 Å². The zero-order valence-corrected chi connectivity index (χ0v) is 12.7. The second-order valence-corrected chi connectivity index (χ2v) is 6.33. The highest BCUT2D eigenvalue weighted by Gasteiger charge is 2.05. The van der Waals surface area contributed by atoms with E-state index in [4.69, 9.17) is 5.73 Å². The molecule has 1 heterocycles. The molecule has 2 rings (SSSR count). The van der Waals surface area contributed by atoms with E-state index in [0.717, 1.165) is 23.1 Å². The van der Waals surface area contributed by atoms with Crippen molar-refractivity contribution >= 4 is 33.0 Å². The second kappa shape index (κ2) is 6.36. The lowest BCUT2D eigenvalue weighted by Gasteiger charge is -2.13. The van der Waals surface area contributed by atoms with Crippen molar-refractivity contribution in [2.24, 2.45) is 0 Å². The molecule has 2 aromatic rings. The molecule has 1 atom stereocenters. The van der Waals surface area contributed by atoms with E-state index >= 15 is 0 Å². The van der Waals surface area contributed by atoms with Crippen molar-refractivity contribution in [2.75, 3.05) is 5.73 Å². The fraction of sp³-hybridized carbons (Fsp3) is 0.286. The molecule has 1 unspecified atom stereocenters. The van der Waals surface area contributed by atoms with Crippen LogP contribution in [0.4, 0.5) is 5.69 Å². The van der Waals surface area contributed by atoms with Crippen molar-refractivity contribution in [2.45, 2.75) is 25.9 Å². The van der Waals surface area contributed by atoms with Crippen molar-refractivity contribution in [3.05, 3.63) is 50.6 Å². The molecule has 0 saturated carbocycles. The molecule has 4 heteroatoms. The average molecular weight is 325 g/mol. The van der Waals surface area contributed by atoms with E-state index in [2.05, 4.69) is 52.4 Å². The maximum absolute atomic E-state index is 5.86. The van der Waals surface area contributed by atoms with E-state index < -0.39 is 0 Å². The van der Waals surface area contributed by atoms with Gasteiger partial charge in [-0.25, -0.2) is 0 Å². The first kappa shape index (κ1) is 13.6. The highest BCUT2D eigenvalue weighted by Crippen LogP contribution is 2.18. The van der Waals surface area contributed by atoms with Gasteiger partial charge < -0.3 is 11.1 Å². The molecule has 0 aliphatic carbocycles. The fourth-order valence-corrected chi connectivity index (χ4v) is 2.82. The molecule has 2 nitrogen and oxygen atoms in total. The van der Waals surface area contributed by atoms with Crippen LogP contribution in [0.25, 0.3) is 0 Å². The Morgan fingerprint density at radius 1 is 1.28 bits per heavy atom. The number of halogens is 1. The molecule has 0 amide bonds. The predicted octanol–water partition coefficient (Wildman–Crippen LogP) is 3.81. The van der Waals surface area contributed by atoms with E-state index in [0.29, 0.717) is 6.04 Å². The SMILES string of the molecule is CC(Cc1ccc(Br)cc1)NCc1sccc1N. The van der Waals surface area contributed by atoms with Crippen molar-refractivity contribution in [3.63, 3.8) is 0 Å². The zero-order valence-electron chi connectivity index (χ0n) is 10.3. The van der Waals surface area contributed by atoms with Crippen LogP contribution in [0.2, 0.25) is 0 Å². The Kier molecular flexibility index (Phi) is 4.80. The summed E-state index contributed by atoms with van der Waals surface area (Å²) >= 11 is 5.15. The van der Waals surface area contributed by atoms with Gasteiger partial charge in [0, 0.05) is 27.6 Å². The van der Waals surface area contributed by atoms with Gasteiger partial charge in [-0.1, -0.05) is 28.1 Å². The first-order valence-corrected chi connectivity index (χ1v) is 7.62. The third-order valence-electron chi connectivity index (χ3n) is 2.85. The van der Waals surface area contributed by atoms with Gasteiger partial charge in [0.2, 0.25) is 0 Å². The van der Waals surface area contributed by atoms with Crippen molar-refractivity contribution in [1.29, 1.82) is 0 Å². The Morgan fingerprint density at radius 3 is 2.61 bits per heavy atom. The van der Waals surface area contributed by atoms with Gasteiger partial charge in [-0.2, -0.15) is 0 Å². The van der Waals surface area contributed by atoms with Crippen LogP contribution < -0.4 is 11.1 Å². The molecule has 1 aromatic carbocycles. The Bertz CT molecular complexity index is 493. The third kappa shape index (κ3) is 3.83. The molecule has 18 heavy (non-hydrogen) atoms. The van der Waals surface area contributed by atoms with Gasteiger partial charge in [-0.3, -0.25) is 0 Å². The van der Waals surface area contributed by atoms with Gasteiger partial charge in [-0.15, -0.1) is 11.3 Å². The Labute approximate surface area is 120 Å². The normalized spacial score (nSPS) is 12.6. The molecular formula is C14H17BrN2S. The van der Waals surface area contributed by atoms with Gasteiger partial charge >= 0.3 is 0 Å². The van der Waals surface area contributed by atoms with E-state index in [1.807, 2.05) is 11.4 Å². The average Bonchev–Trinajstić information content (AvgIpc) is 2.75. The Hall–Kier alpha value is -0.840. The Morgan fingerprint density at radius 2 is 2.00 bits per heavy atom. The molecule has 0 fully saturated rings. The standard InChI is InChI=1S/C14H17BrN2S/c1-10(8-11-2-4-12(15)5-3-11)17-9-14-13(16)6-7-18-14/h2-7,10,17H,8-9,16H2,1H3. The summed E-state index contributed by atoms with van der Waals surface area (Å²) in [6, 6.07) is 10.9. The number of benzene rings is 1. The topological polar surface area (TPSA) is 38.0 Å². The molecule has 0 spiro atoms. The largest absolute Gasteiger partial charge is 0.398 e. The van der Waals surface area contributed by atoms with Crippen molar-refractivity contribution in [3.8, 4) is 0 Å². The number of thiophene rings is 1. The van der Waals surface area contributed by atoms with E-state index in [9.17, 15) is 0 Å². The lowest BCUT2D eigenvalue weighted by Crippen LogP contribution is -2.27. The highest BCUT2D eigenvalue weighted by molar-refractivity contribution is 9.10. The maximum Gasteiger partial charge on any atom is 0.0468 e. The van der Waals surface area contributed by atoms with Gasteiger partial charge in [0.05, 0.1) is 0 Å². The quantitative estimate of drug-likeness (QED) is 0.877. The van der Waals surface area contributed by atoms with Crippen molar-refractivity contribution in [1.82, 2.24) is 5.32 Å². The first-order chi connectivity index (χ1) is 8.65. The van der Waals surface area contributed by atoms with Crippen LogP contribution in [0.3, 0.4) is 0 Å². The third-order valence-corrected chi connectivity index (χ3v) is 4.31. The van der Waals surface area contributed by atoms with Gasteiger partial charge in [0.1, 0.15) is 0 Å². The van der Waals surface area contributed by atoms with Crippen LogP contribution in [0.15, 0.2) is 40.2 Å². The Balaban J connectivity index is 1.83. The van der Waals surface area contributed by atoms with Crippen LogP contribution in [0, 0.1) is 0 Å². The number of hydrogen-bond acceptors (Lipinski definition) is 3. The van der Waals surface area contributed by atoms with Gasteiger partial charge in [0.15, 0.2) is 0 Å². The summed E-state index contributed by atoms with van der Waals surface area (Å²) < 4.78 is 1.12.